The number of carbonyl (C=O) groups is 2. The summed E-state index contributed by atoms with van der Waals surface area (Å²) in [6.45, 7) is 2.79. The van der Waals surface area contributed by atoms with E-state index in [2.05, 4.69) is 28.2 Å². The average molecular weight is 420 g/mol. The van der Waals surface area contributed by atoms with Crippen LogP contribution in [0.3, 0.4) is 0 Å². The Morgan fingerprint density at radius 1 is 1.08 bits per heavy atom. The van der Waals surface area contributed by atoms with Crippen LogP contribution in [0.4, 0.5) is 0 Å². The highest BCUT2D eigenvalue weighted by molar-refractivity contribution is 9.10. The van der Waals surface area contributed by atoms with Crippen LogP contribution >= 0.6 is 15.9 Å². The zero-order valence-corrected chi connectivity index (χ0v) is 16.3. The van der Waals surface area contributed by atoms with Gasteiger partial charge in [-0.3, -0.25) is 4.79 Å². The van der Waals surface area contributed by atoms with Gasteiger partial charge in [-0.2, -0.15) is 0 Å². The third-order valence-corrected chi connectivity index (χ3v) is 4.40. The van der Waals surface area contributed by atoms with E-state index in [0.29, 0.717) is 24.5 Å². The van der Waals surface area contributed by atoms with Crippen molar-refractivity contribution in [2.75, 3.05) is 13.2 Å². The van der Waals surface area contributed by atoms with Gasteiger partial charge in [0, 0.05) is 11.0 Å². The van der Waals surface area contributed by atoms with Gasteiger partial charge in [-0.15, -0.1) is 0 Å². The first-order valence-electron chi connectivity index (χ1n) is 8.50. The number of esters is 1. The predicted molar refractivity (Wildman–Crippen MR) is 103 cm³/mol. The molecule has 0 heterocycles. The molecular weight excluding hydrogens is 398 g/mol. The molecule has 0 radical (unpaired) electrons. The molecule has 0 aromatic heterocycles. The lowest BCUT2D eigenvalue weighted by atomic mass is 10.2. The summed E-state index contributed by atoms with van der Waals surface area (Å²) in [5, 5.41) is 2.72. The largest absolute Gasteiger partial charge is 0.494 e. The Hall–Kier alpha value is -2.34. The fraction of sp³-hybridized carbons (Fsp3) is 0.300. The predicted octanol–water partition coefficient (Wildman–Crippen LogP) is 4.10. The smallest absolute Gasteiger partial charge is 0.338 e. The van der Waals surface area contributed by atoms with E-state index >= 15 is 0 Å². The number of benzene rings is 2. The van der Waals surface area contributed by atoms with E-state index in [9.17, 15) is 9.59 Å². The Balaban J connectivity index is 1.75. The Kier molecular flexibility index (Phi) is 8.15. The minimum absolute atomic E-state index is 0.321. The summed E-state index contributed by atoms with van der Waals surface area (Å²) in [5.74, 6) is -0.184. The highest BCUT2D eigenvalue weighted by Gasteiger charge is 2.10. The van der Waals surface area contributed by atoms with Gasteiger partial charge in [0.25, 0.3) is 5.91 Å². The van der Waals surface area contributed by atoms with Crippen molar-refractivity contribution >= 4 is 27.8 Å². The van der Waals surface area contributed by atoms with Crippen LogP contribution in [0.5, 0.6) is 5.75 Å². The van der Waals surface area contributed by atoms with E-state index < -0.39 is 5.97 Å². The molecule has 0 saturated carbocycles. The van der Waals surface area contributed by atoms with Gasteiger partial charge in [0.2, 0.25) is 0 Å². The van der Waals surface area contributed by atoms with Gasteiger partial charge in [-0.1, -0.05) is 47.5 Å². The van der Waals surface area contributed by atoms with Crippen LogP contribution in [0, 0.1) is 0 Å². The number of amides is 1. The maximum absolute atomic E-state index is 12.0. The van der Waals surface area contributed by atoms with E-state index in [1.165, 1.54) is 0 Å². The van der Waals surface area contributed by atoms with Gasteiger partial charge in [0.05, 0.1) is 12.2 Å². The van der Waals surface area contributed by atoms with Crippen molar-refractivity contribution in [2.24, 2.45) is 0 Å². The van der Waals surface area contributed by atoms with E-state index in [-0.39, 0.29) is 12.5 Å². The molecule has 26 heavy (non-hydrogen) atoms. The zero-order valence-electron chi connectivity index (χ0n) is 14.7. The molecular formula is C20H22BrNO4. The first-order valence-corrected chi connectivity index (χ1v) is 9.29. The van der Waals surface area contributed by atoms with E-state index in [1.807, 2.05) is 24.3 Å². The van der Waals surface area contributed by atoms with Crippen LogP contribution in [0.1, 0.15) is 35.7 Å². The van der Waals surface area contributed by atoms with E-state index in [4.69, 9.17) is 9.47 Å². The molecule has 2 aromatic rings. The molecule has 2 rings (SSSR count). The molecule has 2 aromatic carbocycles. The van der Waals surface area contributed by atoms with Crippen molar-refractivity contribution in [2.45, 2.75) is 26.3 Å². The molecule has 0 aliphatic rings. The fourth-order valence-electron chi connectivity index (χ4n) is 2.12. The normalized spacial score (nSPS) is 10.2. The minimum Gasteiger partial charge on any atom is -0.494 e. The lowest BCUT2D eigenvalue weighted by molar-refractivity contribution is -0.124. The second-order valence-corrected chi connectivity index (χ2v) is 6.53. The van der Waals surface area contributed by atoms with Gasteiger partial charge in [0.1, 0.15) is 5.75 Å². The zero-order chi connectivity index (χ0) is 18.8. The maximum atomic E-state index is 12.0. The molecule has 0 bridgehead atoms. The van der Waals surface area contributed by atoms with Crippen molar-refractivity contribution in [3.05, 3.63) is 64.1 Å². The summed E-state index contributed by atoms with van der Waals surface area (Å²) in [7, 11) is 0. The number of carbonyl (C=O) groups excluding carboxylic acids is 2. The van der Waals surface area contributed by atoms with Gasteiger partial charge in [-0.05, 0) is 42.3 Å². The van der Waals surface area contributed by atoms with Gasteiger partial charge in [-0.25, -0.2) is 4.79 Å². The number of unbranched alkanes of at least 4 members (excludes halogenated alkanes) is 1. The topological polar surface area (TPSA) is 64.6 Å². The average Bonchev–Trinajstić information content (AvgIpc) is 2.66. The van der Waals surface area contributed by atoms with Crippen molar-refractivity contribution in [1.82, 2.24) is 5.32 Å². The molecule has 138 valence electrons. The maximum Gasteiger partial charge on any atom is 0.338 e. The van der Waals surface area contributed by atoms with Crippen LogP contribution in [0.25, 0.3) is 0 Å². The van der Waals surface area contributed by atoms with Crippen LogP contribution in [-0.2, 0) is 16.1 Å². The second kappa shape index (κ2) is 10.6. The van der Waals surface area contributed by atoms with Crippen LogP contribution in [0.15, 0.2) is 53.0 Å². The number of ether oxygens (including phenoxy) is 2. The summed E-state index contributed by atoms with van der Waals surface area (Å²) in [6, 6.07) is 14.3. The Morgan fingerprint density at radius 3 is 2.50 bits per heavy atom. The summed E-state index contributed by atoms with van der Waals surface area (Å²) in [5.41, 5.74) is 1.33. The van der Waals surface area contributed by atoms with Crippen molar-refractivity contribution in [3.8, 4) is 5.75 Å². The highest BCUT2D eigenvalue weighted by Crippen LogP contribution is 2.15. The summed E-state index contributed by atoms with van der Waals surface area (Å²) >= 11 is 3.42. The molecule has 0 aliphatic carbocycles. The van der Waals surface area contributed by atoms with Crippen LogP contribution in [0.2, 0.25) is 0 Å². The van der Waals surface area contributed by atoms with Gasteiger partial charge in [0.15, 0.2) is 6.61 Å². The third kappa shape index (κ3) is 6.52. The van der Waals surface area contributed by atoms with Crippen molar-refractivity contribution < 1.29 is 19.1 Å². The van der Waals surface area contributed by atoms with Crippen LogP contribution < -0.4 is 10.1 Å². The SMILES string of the molecule is CCCCOc1ccc(C(=O)OCC(=O)NCc2ccccc2Br)cc1. The van der Waals surface area contributed by atoms with Gasteiger partial charge < -0.3 is 14.8 Å². The van der Waals surface area contributed by atoms with Gasteiger partial charge >= 0.3 is 5.97 Å². The molecule has 0 atom stereocenters. The first kappa shape index (κ1) is 20.0. The van der Waals surface area contributed by atoms with E-state index in [0.717, 1.165) is 22.9 Å². The first-order chi connectivity index (χ1) is 12.6. The Labute approximate surface area is 161 Å². The Morgan fingerprint density at radius 2 is 1.81 bits per heavy atom. The number of halogens is 1. The van der Waals surface area contributed by atoms with Crippen molar-refractivity contribution in [1.29, 1.82) is 0 Å². The van der Waals surface area contributed by atoms with Crippen molar-refractivity contribution in [3.63, 3.8) is 0 Å². The van der Waals surface area contributed by atoms with E-state index in [1.54, 1.807) is 24.3 Å². The standard InChI is InChI=1S/C20H22BrNO4/c1-2-3-12-25-17-10-8-15(9-11-17)20(24)26-14-19(23)22-13-16-6-4-5-7-18(16)21/h4-11H,2-3,12-14H2,1H3,(H,22,23). The molecule has 0 aliphatic heterocycles. The number of hydrogen-bond donors (Lipinski definition) is 1. The summed E-state index contributed by atoms with van der Waals surface area (Å²) in [6.07, 6.45) is 2.05. The molecule has 1 N–H and O–H groups in total. The third-order valence-electron chi connectivity index (χ3n) is 3.62. The minimum atomic E-state index is -0.541. The molecule has 0 saturated heterocycles. The Bertz CT molecular complexity index is 731. The second-order valence-electron chi connectivity index (χ2n) is 5.67. The summed E-state index contributed by atoms with van der Waals surface area (Å²) in [4.78, 5) is 23.8. The molecule has 5 nitrogen and oxygen atoms in total. The number of rotatable bonds is 9. The quantitative estimate of drug-likeness (QED) is 0.490. The summed E-state index contributed by atoms with van der Waals surface area (Å²) < 4.78 is 11.5. The molecule has 0 fully saturated rings. The number of hydrogen-bond acceptors (Lipinski definition) is 4. The number of nitrogens with one attached hydrogen (secondary N) is 1. The highest BCUT2D eigenvalue weighted by atomic mass is 79.9. The molecule has 0 spiro atoms. The molecule has 0 unspecified atom stereocenters. The lowest BCUT2D eigenvalue weighted by Crippen LogP contribution is -2.28. The molecule has 1 amide bonds. The lowest BCUT2D eigenvalue weighted by Gasteiger charge is -2.09. The van der Waals surface area contributed by atoms with Crippen LogP contribution in [-0.4, -0.2) is 25.1 Å². The monoisotopic (exact) mass is 419 g/mol. The fourth-order valence-corrected chi connectivity index (χ4v) is 2.55. The molecule has 6 heteroatoms.